The molecule has 0 radical (unpaired) electrons. The van der Waals surface area contributed by atoms with E-state index in [1.165, 1.54) is 24.4 Å². The normalized spacial score (nSPS) is 17.5. The number of benzene rings is 3. The van der Waals surface area contributed by atoms with E-state index in [4.69, 9.17) is 11.6 Å². The number of rotatable bonds is 7. The second-order valence-electron chi connectivity index (χ2n) is 11.5. The fraction of sp³-hybridized carbons (Fsp3) is 0.312. The van der Waals surface area contributed by atoms with E-state index in [9.17, 15) is 13.5 Å². The summed E-state index contributed by atoms with van der Waals surface area (Å²) < 4.78 is 61.6. The number of aliphatic hydroxyl groups is 1. The van der Waals surface area contributed by atoms with Crippen LogP contribution in [0.25, 0.3) is 27.6 Å². The van der Waals surface area contributed by atoms with Crippen molar-refractivity contribution >= 4 is 49.7 Å². The van der Waals surface area contributed by atoms with Crippen LogP contribution in [0.5, 0.6) is 0 Å². The van der Waals surface area contributed by atoms with Crippen LogP contribution in [0.15, 0.2) is 54.1 Å². The van der Waals surface area contributed by atoms with E-state index in [1.54, 1.807) is 19.1 Å². The molecule has 0 spiro atoms. The third kappa shape index (κ3) is 5.65. The Morgan fingerprint density at radius 3 is 2.61 bits per heavy atom. The molecule has 6 rings (SSSR count). The van der Waals surface area contributed by atoms with E-state index in [-0.39, 0.29) is 43.7 Å². The molecule has 230 valence electrons. The van der Waals surface area contributed by atoms with Crippen molar-refractivity contribution in [1.82, 2.24) is 14.9 Å². The number of anilines is 2. The number of halogens is 3. The van der Waals surface area contributed by atoms with Gasteiger partial charge in [-0.1, -0.05) is 18.2 Å². The van der Waals surface area contributed by atoms with Crippen molar-refractivity contribution < 1.29 is 22.3 Å². The van der Waals surface area contributed by atoms with Gasteiger partial charge in [-0.2, -0.15) is 0 Å². The molecule has 44 heavy (non-hydrogen) atoms. The average Bonchev–Trinajstić information content (AvgIpc) is 3.34. The summed E-state index contributed by atoms with van der Waals surface area (Å²) in [5.74, 6) is -1.10. The van der Waals surface area contributed by atoms with Gasteiger partial charge in [0.05, 0.1) is 27.6 Å². The van der Waals surface area contributed by atoms with Crippen LogP contribution in [0.4, 0.5) is 20.4 Å². The van der Waals surface area contributed by atoms with Crippen LogP contribution in [-0.4, -0.2) is 54.6 Å². The summed E-state index contributed by atoms with van der Waals surface area (Å²) in [5, 5.41) is 13.9. The van der Waals surface area contributed by atoms with Gasteiger partial charge >= 0.3 is 0 Å². The fourth-order valence-electron chi connectivity index (χ4n) is 6.11. The van der Waals surface area contributed by atoms with Crippen molar-refractivity contribution in [3.63, 3.8) is 0 Å². The zero-order chi connectivity index (χ0) is 31.3. The molecule has 1 fully saturated rings. The first-order valence-electron chi connectivity index (χ1n) is 14.3. The molecule has 3 aromatic carbocycles. The second-order valence-corrected chi connectivity index (χ2v) is 13.6. The van der Waals surface area contributed by atoms with Gasteiger partial charge in [0.25, 0.3) is 10.0 Å². The highest BCUT2D eigenvalue weighted by molar-refractivity contribution is 7.92. The highest BCUT2D eigenvalue weighted by Crippen LogP contribution is 2.41. The van der Waals surface area contributed by atoms with Crippen LogP contribution in [-0.2, 0) is 16.4 Å². The van der Waals surface area contributed by atoms with Gasteiger partial charge in [-0.05, 0) is 106 Å². The van der Waals surface area contributed by atoms with E-state index in [0.29, 0.717) is 41.0 Å². The lowest BCUT2D eigenvalue weighted by atomic mass is 9.92. The van der Waals surface area contributed by atoms with Crippen LogP contribution < -0.4 is 10.0 Å². The molecule has 3 N–H and O–H groups in total. The smallest absolute Gasteiger partial charge is 0.262 e. The van der Waals surface area contributed by atoms with Crippen molar-refractivity contribution in [2.24, 2.45) is 0 Å². The highest BCUT2D eigenvalue weighted by Gasteiger charge is 2.30. The maximum absolute atomic E-state index is 16.1. The summed E-state index contributed by atoms with van der Waals surface area (Å²) in [4.78, 5) is 11.0. The molecule has 1 atom stereocenters. The molecular weight excluding hydrogens is 608 g/mol. The fourth-order valence-corrected chi connectivity index (χ4v) is 7.80. The molecule has 0 unspecified atom stereocenters. The number of piperidine rings is 1. The number of likely N-dealkylation sites (tertiary alicyclic amines) is 1. The van der Waals surface area contributed by atoms with Gasteiger partial charge in [0.15, 0.2) is 0 Å². The molecule has 1 aliphatic heterocycles. The van der Waals surface area contributed by atoms with Gasteiger partial charge in [-0.3, -0.25) is 4.72 Å². The van der Waals surface area contributed by atoms with Gasteiger partial charge in [0, 0.05) is 34.0 Å². The van der Waals surface area contributed by atoms with Gasteiger partial charge in [-0.15, -0.1) is 0 Å². The molecule has 1 saturated heterocycles. The van der Waals surface area contributed by atoms with Crippen molar-refractivity contribution in [2.45, 2.75) is 49.6 Å². The second kappa shape index (κ2) is 11.7. The first-order chi connectivity index (χ1) is 20.9. The predicted octanol–water partition coefficient (Wildman–Crippen LogP) is 6.55. The van der Waals surface area contributed by atoms with Gasteiger partial charge in [-0.25, -0.2) is 27.2 Å². The molecule has 12 heteroatoms. The lowest BCUT2D eigenvalue weighted by Gasteiger charge is -2.29. The third-order valence-corrected chi connectivity index (χ3v) is 10.0. The molecule has 0 saturated carbocycles. The third-order valence-electron chi connectivity index (χ3n) is 8.37. The Bertz CT molecular complexity index is 1910. The molecule has 8 nitrogen and oxygen atoms in total. The van der Waals surface area contributed by atoms with Crippen molar-refractivity contribution in [1.29, 1.82) is 0 Å². The first-order valence-corrected chi connectivity index (χ1v) is 16.2. The summed E-state index contributed by atoms with van der Waals surface area (Å²) in [6.45, 7) is 7.45. The monoisotopic (exact) mass is 639 g/mol. The molecule has 0 bridgehead atoms. The number of hydrogen-bond acceptors (Lipinski definition) is 7. The standard InChI is InChI=1S/C32H32ClF2N5O3S/c1-17(2)29-26(39-44(42,43)28-15-18(33)14-22-20(28)5-9-27(22)41)8-6-24(34)30(29)21-4-7-25-23(31(21)35)16-36-32(38-25)37-19-10-12-40(3)13-11-19/h4,6-8,14-16,19,27,39,41H,1,5,9-13H2,2-3H3,(H,36,37,38)/t27-/m1/s1. The van der Waals surface area contributed by atoms with Crippen LogP contribution in [0.2, 0.25) is 5.02 Å². The molecule has 1 aromatic heterocycles. The lowest BCUT2D eigenvalue weighted by Crippen LogP contribution is -2.37. The van der Waals surface area contributed by atoms with Crippen LogP contribution in [0.3, 0.4) is 0 Å². The quantitative estimate of drug-likeness (QED) is 0.211. The minimum Gasteiger partial charge on any atom is -0.388 e. The van der Waals surface area contributed by atoms with E-state index in [2.05, 4.69) is 38.5 Å². The maximum atomic E-state index is 16.1. The summed E-state index contributed by atoms with van der Waals surface area (Å²) in [5.41, 5.74) is 1.50. The number of nitrogens with one attached hydrogen (secondary N) is 2. The molecular formula is C32H32ClF2N5O3S. The van der Waals surface area contributed by atoms with E-state index in [1.807, 2.05) is 0 Å². The Balaban J connectivity index is 1.39. The molecule has 0 amide bonds. The maximum Gasteiger partial charge on any atom is 0.262 e. The van der Waals surface area contributed by atoms with E-state index in [0.717, 1.165) is 32.0 Å². The van der Waals surface area contributed by atoms with Gasteiger partial charge in [0.2, 0.25) is 5.95 Å². The summed E-state index contributed by atoms with van der Waals surface area (Å²) in [6.07, 6.45) is 3.16. The van der Waals surface area contributed by atoms with E-state index < -0.39 is 27.8 Å². The SMILES string of the molecule is C=C(C)c1c(NS(=O)(=O)c2cc(Cl)cc3c2CC[C@H]3O)ccc(F)c1-c1ccc2nc(NC3CCN(C)CC3)ncc2c1F. The Labute approximate surface area is 259 Å². The van der Waals surface area contributed by atoms with Crippen molar-refractivity contribution in [3.8, 4) is 11.1 Å². The zero-order valence-electron chi connectivity index (χ0n) is 24.3. The minimum absolute atomic E-state index is 0.0228. The highest BCUT2D eigenvalue weighted by atomic mass is 35.5. The average molecular weight is 640 g/mol. The van der Waals surface area contributed by atoms with Crippen LogP contribution >= 0.6 is 11.6 Å². The Hall–Kier alpha value is -3.64. The Morgan fingerprint density at radius 2 is 1.89 bits per heavy atom. The van der Waals surface area contributed by atoms with E-state index >= 15 is 8.78 Å². The number of hydrogen-bond donors (Lipinski definition) is 3. The molecule has 2 heterocycles. The predicted molar refractivity (Wildman–Crippen MR) is 169 cm³/mol. The summed E-state index contributed by atoms with van der Waals surface area (Å²) >= 11 is 6.21. The number of aromatic nitrogens is 2. The first kappa shape index (κ1) is 30.4. The van der Waals surface area contributed by atoms with Gasteiger partial charge in [0.1, 0.15) is 11.6 Å². The summed E-state index contributed by atoms with van der Waals surface area (Å²) in [7, 11) is -2.17. The largest absolute Gasteiger partial charge is 0.388 e. The summed E-state index contributed by atoms with van der Waals surface area (Å²) in [6, 6.07) is 8.48. The van der Waals surface area contributed by atoms with Crippen LogP contribution in [0.1, 0.15) is 49.0 Å². The minimum atomic E-state index is -4.25. The number of allylic oxidation sites excluding steroid dienone is 1. The Kier molecular flexibility index (Phi) is 8.08. The number of sulfonamides is 1. The van der Waals surface area contributed by atoms with Crippen LogP contribution in [0, 0.1) is 11.6 Å². The molecule has 2 aliphatic rings. The van der Waals surface area contributed by atoms with Gasteiger partial charge < -0.3 is 15.3 Å². The van der Waals surface area contributed by atoms with Crippen molar-refractivity contribution in [2.75, 3.05) is 30.2 Å². The molecule has 4 aromatic rings. The number of aliphatic hydroxyl groups excluding tert-OH is 1. The molecule has 1 aliphatic carbocycles. The topological polar surface area (TPSA) is 107 Å². The van der Waals surface area contributed by atoms with Crippen molar-refractivity contribution in [3.05, 3.63) is 82.5 Å². The zero-order valence-corrected chi connectivity index (χ0v) is 25.9. The lowest BCUT2D eigenvalue weighted by molar-refractivity contribution is 0.180. The number of fused-ring (bicyclic) bond motifs is 2. The Morgan fingerprint density at radius 1 is 1.14 bits per heavy atom. The number of nitrogens with zero attached hydrogens (tertiary/aromatic N) is 3.